The van der Waals surface area contributed by atoms with Crippen molar-refractivity contribution in [2.75, 3.05) is 0 Å². The Morgan fingerprint density at radius 2 is 1.75 bits per heavy atom. The Balaban J connectivity index is 1.79. The molecule has 3 rings (SSSR count). The molecular weight excluding hydrogens is 367 g/mol. The van der Waals surface area contributed by atoms with Gasteiger partial charge in [0.25, 0.3) is 5.91 Å². The summed E-state index contributed by atoms with van der Waals surface area (Å²) >= 11 is 0. The number of ether oxygens (including phenoxy) is 1. The number of alkyl halides is 3. The zero-order chi connectivity index (χ0) is 20.1. The minimum Gasteiger partial charge on any atom is -0.488 e. The molecule has 0 heterocycles. The lowest BCUT2D eigenvalue weighted by atomic mass is 9.87. The van der Waals surface area contributed by atoms with Crippen LogP contribution in [-0.4, -0.2) is 11.9 Å². The van der Waals surface area contributed by atoms with Crippen LogP contribution in [0.3, 0.4) is 0 Å². The molecule has 2 aromatic carbocycles. The first-order valence-corrected chi connectivity index (χ1v) is 9.52. The molecule has 1 aliphatic rings. The van der Waals surface area contributed by atoms with Crippen molar-refractivity contribution in [2.45, 2.75) is 51.4 Å². The summed E-state index contributed by atoms with van der Waals surface area (Å²) in [5.41, 5.74) is -0.0682. The van der Waals surface area contributed by atoms with Crippen LogP contribution >= 0.6 is 0 Å². The van der Waals surface area contributed by atoms with Crippen LogP contribution in [0.5, 0.6) is 5.75 Å². The fourth-order valence-corrected chi connectivity index (χ4v) is 3.41. The Kier molecular flexibility index (Phi) is 6.27. The van der Waals surface area contributed by atoms with E-state index in [1.807, 2.05) is 30.3 Å². The van der Waals surface area contributed by atoms with Crippen LogP contribution in [0, 0.1) is 5.92 Å². The average molecular weight is 391 g/mol. The van der Waals surface area contributed by atoms with E-state index >= 15 is 0 Å². The first kappa shape index (κ1) is 20.2. The molecule has 0 spiro atoms. The average Bonchev–Trinajstić information content (AvgIpc) is 2.68. The van der Waals surface area contributed by atoms with Crippen LogP contribution in [0.15, 0.2) is 48.5 Å². The van der Waals surface area contributed by atoms with Crippen LogP contribution in [0.2, 0.25) is 0 Å². The summed E-state index contributed by atoms with van der Waals surface area (Å²) < 4.78 is 45.1. The van der Waals surface area contributed by atoms with E-state index in [2.05, 4.69) is 12.2 Å². The molecule has 0 saturated heterocycles. The molecule has 1 saturated carbocycles. The topological polar surface area (TPSA) is 38.3 Å². The van der Waals surface area contributed by atoms with Crippen molar-refractivity contribution in [3.63, 3.8) is 0 Å². The molecule has 28 heavy (non-hydrogen) atoms. The maximum Gasteiger partial charge on any atom is 0.416 e. The van der Waals surface area contributed by atoms with Crippen LogP contribution in [0.25, 0.3) is 0 Å². The van der Waals surface area contributed by atoms with Crippen molar-refractivity contribution in [1.29, 1.82) is 0 Å². The first-order valence-electron chi connectivity index (χ1n) is 9.52. The lowest BCUT2D eigenvalue weighted by Crippen LogP contribution is -2.37. The lowest BCUT2D eigenvalue weighted by Gasteiger charge is -2.27. The molecule has 2 aromatic rings. The van der Waals surface area contributed by atoms with Gasteiger partial charge in [0.2, 0.25) is 0 Å². The van der Waals surface area contributed by atoms with E-state index in [1.165, 1.54) is 6.07 Å². The van der Waals surface area contributed by atoms with Crippen LogP contribution in [0.4, 0.5) is 13.2 Å². The number of amides is 1. The van der Waals surface area contributed by atoms with E-state index in [0.29, 0.717) is 5.92 Å². The zero-order valence-corrected chi connectivity index (χ0v) is 15.8. The minimum atomic E-state index is -4.52. The van der Waals surface area contributed by atoms with Gasteiger partial charge < -0.3 is 10.1 Å². The zero-order valence-electron chi connectivity index (χ0n) is 15.8. The minimum absolute atomic E-state index is 0.0137. The maximum atomic E-state index is 13.1. The highest BCUT2D eigenvalue weighted by atomic mass is 19.4. The van der Waals surface area contributed by atoms with Crippen molar-refractivity contribution in [3.05, 3.63) is 65.2 Å². The number of carbonyl (C=O) groups excluding carboxylic acids is 1. The van der Waals surface area contributed by atoms with E-state index in [1.54, 1.807) is 0 Å². The number of nitrogens with one attached hydrogen (secondary N) is 1. The van der Waals surface area contributed by atoms with Gasteiger partial charge in [-0.25, -0.2) is 0 Å². The summed E-state index contributed by atoms with van der Waals surface area (Å²) in [6.07, 6.45) is -0.832. The van der Waals surface area contributed by atoms with Crippen LogP contribution in [0.1, 0.15) is 54.1 Å². The molecule has 150 valence electrons. The van der Waals surface area contributed by atoms with Gasteiger partial charge in [-0.3, -0.25) is 4.79 Å². The second kappa shape index (κ2) is 8.67. The standard InChI is InChI=1S/C22H24F3NO2/c1-15-7-10-18(11-8-15)26-21(27)19-13-17(22(23,24)25)9-12-20(19)28-14-16-5-3-2-4-6-16/h2-6,9,12-13,15,18H,7-8,10-11,14H2,1H3,(H,26,27). The number of benzene rings is 2. The van der Waals surface area contributed by atoms with Gasteiger partial charge in [0.05, 0.1) is 11.1 Å². The van der Waals surface area contributed by atoms with Gasteiger partial charge >= 0.3 is 6.18 Å². The van der Waals surface area contributed by atoms with Gasteiger partial charge in [-0.15, -0.1) is 0 Å². The number of carbonyl (C=O) groups is 1. The summed E-state index contributed by atoms with van der Waals surface area (Å²) in [6, 6.07) is 12.3. The van der Waals surface area contributed by atoms with E-state index < -0.39 is 17.6 Å². The van der Waals surface area contributed by atoms with E-state index in [9.17, 15) is 18.0 Å². The fourth-order valence-electron chi connectivity index (χ4n) is 3.41. The third kappa shape index (κ3) is 5.27. The summed E-state index contributed by atoms with van der Waals surface area (Å²) in [5.74, 6) is 0.249. The van der Waals surface area contributed by atoms with Gasteiger partial charge in [-0.05, 0) is 55.4 Å². The van der Waals surface area contributed by atoms with E-state index in [0.717, 1.165) is 43.4 Å². The molecule has 0 bridgehead atoms. The predicted octanol–water partition coefficient (Wildman–Crippen LogP) is 5.59. The number of rotatable bonds is 5. The second-order valence-corrected chi connectivity index (χ2v) is 7.41. The second-order valence-electron chi connectivity index (χ2n) is 7.41. The van der Waals surface area contributed by atoms with Crippen molar-refractivity contribution in [1.82, 2.24) is 5.32 Å². The molecular formula is C22H24F3NO2. The summed E-state index contributed by atoms with van der Waals surface area (Å²) in [6.45, 7) is 2.34. The molecule has 0 aromatic heterocycles. The van der Waals surface area contributed by atoms with Gasteiger partial charge in [-0.2, -0.15) is 13.2 Å². The van der Waals surface area contributed by atoms with Crippen molar-refractivity contribution in [3.8, 4) is 5.75 Å². The normalized spacial score (nSPS) is 19.9. The van der Waals surface area contributed by atoms with Gasteiger partial charge in [0.15, 0.2) is 0 Å². The van der Waals surface area contributed by atoms with E-state index in [4.69, 9.17) is 4.74 Å². The highest BCUT2D eigenvalue weighted by molar-refractivity contribution is 5.97. The summed E-state index contributed by atoms with van der Waals surface area (Å²) in [5, 5.41) is 2.89. The maximum absolute atomic E-state index is 13.1. The molecule has 0 atom stereocenters. The summed E-state index contributed by atoms with van der Waals surface area (Å²) in [4.78, 5) is 12.7. The predicted molar refractivity (Wildman–Crippen MR) is 101 cm³/mol. The van der Waals surface area contributed by atoms with Gasteiger partial charge in [0.1, 0.15) is 12.4 Å². The number of halogens is 3. The van der Waals surface area contributed by atoms with Crippen LogP contribution < -0.4 is 10.1 Å². The fraction of sp³-hybridized carbons (Fsp3) is 0.409. The highest BCUT2D eigenvalue weighted by Crippen LogP contribution is 2.33. The highest BCUT2D eigenvalue weighted by Gasteiger charge is 2.32. The van der Waals surface area contributed by atoms with Gasteiger partial charge in [0, 0.05) is 6.04 Å². The monoisotopic (exact) mass is 391 g/mol. The Morgan fingerprint density at radius 1 is 1.07 bits per heavy atom. The van der Waals surface area contributed by atoms with Gasteiger partial charge in [-0.1, -0.05) is 37.3 Å². The molecule has 1 amide bonds. The first-order chi connectivity index (χ1) is 13.3. The number of hydrogen-bond acceptors (Lipinski definition) is 2. The number of hydrogen-bond donors (Lipinski definition) is 1. The quantitative estimate of drug-likeness (QED) is 0.721. The largest absolute Gasteiger partial charge is 0.488 e. The third-order valence-electron chi connectivity index (χ3n) is 5.14. The Bertz CT molecular complexity index is 797. The molecule has 1 fully saturated rings. The Morgan fingerprint density at radius 3 is 2.39 bits per heavy atom. The molecule has 6 heteroatoms. The van der Waals surface area contributed by atoms with Crippen molar-refractivity contribution < 1.29 is 22.7 Å². The van der Waals surface area contributed by atoms with Crippen molar-refractivity contribution in [2.24, 2.45) is 5.92 Å². The summed E-state index contributed by atoms with van der Waals surface area (Å²) in [7, 11) is 0. The lowest BCUT2D eigenvalue weighted by molar-refractivity contribution is -0.137. The van der Waals surface area contributed by atoms with Crippen molar-refractivity contribution >= 4 is 5.91 Å². The molecule has 1 N–H and O–H groups in total. The molecule has 0 aliphatic heterocycles. The molecule has 0 unspecified atom stereocenters. The smallest absolute Gasteiger partial charge is 0.416 e. The SMILES string of the molecule is CC1CCC(NC(=O)c2cc(C(F)(F)F)ccc2OCc2ccccc2)CC1. The molecule has 3 nitrogen and oxygen atoms in total. The molecule has 1 aliphatic carbocycles. The van der Waals surface area contributed by atoms with E-state index in [-0.39, 0.29) is 24.0 Å². The Hall–Kier alpha value is -2.50. The van der Waals surface area contributed by atoms with Crippen LogP contribution in [-0.2, 0) is 12.8 Å². The molecule has 0 radical (unpaired) electrons. The Labute approximate surface area is 162 Å². The third-order valence-corrected chi connectivity index (χ3v) is 5.14.